The smallest absolute Gasteiger partial charge is 0.251 e. The predicted octanol–water partition coefficient (Wildman–Crippen LogP) is 1.79. The summed E-state index contributed by atoms with van der Waals surface area (Å²) in [6.45, 7) is 2.56. The highest BCUT2D eigenvalue weighted by Gasteiger charge is 2.07. The van der Waals surface area contributed by atoms with E-state index in [1.165, 1.54) is 0 Å². The zero-order chi connectivity index (χ0) is 12.7. The minimum Gasteiger partial charge on any atom is -0.397 e. The van der Waals surface area contributed by atoms with Crippen molar-refractivity contribution in [3.63, 3.8) is 0 Å². The molecule has 0 atom stereocenters. The van der Waals surface area contributed by atoms with Crippen molar-refractivity contribution in [3.8, 4) is 0 Å². The minimum atomic E-state index is -0.372. The number of carbonyl (C=O) groups is 1. The minimum absolute atomic E-state index is 0.138. The van der Waals surface area contributed by atoms with Gasteiger partial charge >= 0.3 is 0 Å². The second kappa shape index (κ2) is 6.73. The molecule has 1 aromatic carbocycles. The quantitative estimate of drug-likeness (QED) is 0.523. The maximum absolute atomic E-state index is 12.0. The van der Waals surface area contributed by atoms with Crippen molar-refractivity contribution < 1.29 is 9.18 Å². The summed E-state index contributed by atoms with van der Waals surface area (Å²) in [4.78, 5) is 11.6. The number of carbonyl (C=O) groups excluding carboxylic acids is 1. The van der Waals surface area contributed by atoms with Crippen LogP contribution in [0.15, 0.2) is 18.2 Å². The molecular weight excluding hydrogens is 221 g/mol. The fraction of sp³-hybridized carbons (Fsp3) is 0.417. The number of nitrogens with two attached hydrogens (primary N) is 1. The van der Waals surface area contributed by atoms with Crippen LogP contribution in [0.2, 0.25) is 0 Å². The number of anilines is 2. The second-order valence-corrected chi connectivity index (χ2v) is 3.63. The fourth-order valence-electron chi connectivity index (χ4n) is 1.40. The van der Waals surface area contributed by atoms with Crippen LogP contribution in [-0.4, -0.2) is 25.7 Å². The fourth-order valence-corrected chi connectivity index (χ4v) is 1.40. The zero-order valence-corrected chi connectivity index (χ0v) is 9.92. The Morgan fingerprint density at radius 3 is 2.88 bits per heavy atom. The molecule has 0 aliphatic heterocycles. The van der Waals surface area contributed by atoms with Gasteiger partial charge in [-0.2, -0.15) is 0 Å². The predicted molar refractivity (Wildman–Crippen MR) is 67.9 cm³/mol. The summed E-state index contributed by atoms with van der Waals surface area (Å²) in [6.07, 6.45) is 0.421. The summed E-state index contributed by atoms with van der Waals surface area (Å²) >= 11 is 0. The average Bonchev–Trinajstić information content (AvgIpc) is 2.32. The van der Waals surface area contributed by atoms with Crippen molar-refractivity contribution in [1.82, 2.24) is 5.32 Å². The molecule has 0 spiro atoms. The Balaban J connectivity index is 2.75. The third-order valence-corrected chi connectivity index (χ3v) is 2.28. The maximum atomic E-state index is 12.0. The molecule has 94 valence electrons. The maximum Gasteiger partial charge on any atom is 0.251 e. The number of hydrogen-bond acceptors (Lipinski definition) is 3. The molecule has 0 bridgehead atoms. The van der Waals surface area contributed by atoms with Crippen LogP contribution in [0.5, 0.6) is 0 Å². The lowest BCUT2D eigenvalue weighted by Gasteiger charge is -2.10. The summed E-state index contributed by atoms with van der Waals surface area (Å²) in [6, 6.07) is 5.02. The van der Waals surface area contributed by atoms with E-state index in [2.05, 4.69) is 10.6 Å². The Bertz CT molecular complexity index is 382. The number of hydrogen-bond donors (Lipinski definition) is 3. The lowest BCUT2D eigenvalue weighted by molar-refractivity contribution is 0.0956. The lowest BCUT2D eigenvalue weighted by atomic mass is 10.1. The number of nitrogens with one attached hydrogen (secondary N) is 2. The Hall–Kier alpha value is -1.78. The van der Waals surface area contributed by atoms with E-state index in [4.69, 9.17) is 5.73 Å². The molecule has 0 aromatic heterocycles. The van der Waals surface area contributed by atoms with E-state index in [9.17, 15) is 9.18 Å². The molecule has 0 fully saturated rings. The number of rotatable bonds is 6. The van der Waals surface area contributed by atoms with Crippen molar-refractivity contribution in [3.05, 3.63) is 23.8 Å². The number of nitrogen functional groups attached to an aromatic ring is 1. The molecule has 1 aromatic rings. The van der Waals surface area contributed by atoms with Crippen molar-refractivity contribution in [1.29, 1.82) is 0 Å². The van der Waals surface area contributed by atoms with Gasteiger partial charge in [0.05, 0.1) is 18.0 Å². The third-order valence-electron chi connectivity index (χ3n) is 2.28. The lowest BCUT2D eigenvalue weighted by Crippen LogP contribution is -2.22. The molecule has 0 saturated heterocycles. The first-order valence-corrected chi connectivity index (χ1v) is 5.66. The van der Waals surface area contributed by atoms with Gasteiger partial charge in [0.2, 0.25) is 0 Å². The first-order valence-electron chi connectivity index (χ1n) is 5.66. The molecule has 5 heteroatoms. The molecule has 1 rings (SSSR count). The molecule has 4 nitrogen and oxygen atoms in total. The Labute approximate surface area is 100 Å². The second-order valence-electron chi connectivity index (χ2n) is 3.63. The highest BCUT2D eigenvalue weighted by molar-refractivity contribution is 5.96. The van der Waals surface area contributed by atoms with Crippen LogP contribution in [-0.2, 0) is 0 Å². The van der Waals surface area contributed by atoms with Crippen LogP contribution in [0.1, 0.15) is 23.7 Å². The number of amides is 1. The van der Waals surface area contributed by atoms with Crippen molar-refractivity contribution >= 4 is 17.3 Å². The SMILES string of the molecule is CCNC(=O)c1ccc(N)c(NCCCF)c1. The molecular formula is C12H18FN3O. The third kappa shape index (κ3) is 3.94. The van der Waals surface area contributed by atoms with E-state index in [0.29, 0.717) is 36.4 Å². The van der Waals surface area contributed by atoms with Gasteiger partial charge in [0.1, 0.15) is 0 Å². The molecule has 0 unspecified atom stereocenters. The van der Waals surface area contributed by atoms with Crippen LogP contribution in [0.4, 0.5) is 15.8 Å². The van der Waals surface area contributed by atoms with Crippen LogP contribution in [0.3, 0.4) is 0 Å². The van der Waals surface area contributed by atoms with Crippen LogP contribution < -0.4 is 16.4 Å². The van der Waals surface area contributed by atoms with Gasteiger partial charge in [0.15, 0.2) is 0 Å². The Morgan fingerprint density at radius 2 is 2.24 bits per heavy atom. The molecule has 17 heavy (non-hydrogen) atoms. The largest absolute Gasteiger partial charge is 0.397 e. The van der Waals surface area contributed by atoms with Crippen LogP contribution in [0.25, 0.3) is 0 Å². The molecule has 0 aliphatic rings. The topological polar surface area (TPSA) is 67.2 Å². The molecule has 0 saturated carbocycles. The number of benzene rings is 1. The zero-order valence-electron chi connectivity index (χ0n) is 9.92. The van der Waals surface area contributed by atoms with Gasteiger partial charge in [-0.3, -0.25) is 9.18 Å². The summed E-state index contributed by atoms with van der Waals surface area (Å²) in [5.74, 6) is -0.138. The summed E-state index contributed by atoms with van der Waals surface area (Å²) in [5.41, 5.74) is 7.52. The number of halogens is 1. The van der Waals surface area contributed by atoms with Gasteiger partial charge in [-0.15, -0.1) is 0 Å². The first-order chi connectivity index (χ1) is 8.19. The molecule has 1 amide bonds. The van der Waals surface area contributed by atoms with Crippen molar-refractivity contribution in [2.75, 3.05) is 30.8 Å². The Morgan fingerprint density at radius 1 is 1.47 bits per heavy atom. The van der Waals surface area contributed by atoms with E-state index >= 15 is 0 Å². The van der Waals surface area contributed by atoms with Crippen molar-refractivity contribution in [2.45, 2.75) is 13.3 Å². The van der Waals surface area contributed by atoms with Crippen LogP contribution in [0, 0.1) is 0 Å². The van der Waals surface area contributed by atoms with Gasteiger partial charge in [-0.1, -0.05) is 0 Å². The Kier molecular flexibility index (Phi) is 5.26. The van der Waals surface area contributed by atoms with E-state index in [0.717, 1.165) is 0 Å². The van der Waals surface area contributed by atoms with Gasteiger partial charge < -0.3 is 16.4 Å². The summed E-state index contributed by atoms with van der Waals surface area (Å²) < 4.78 is 12.0. The van der Waals surface area contributed by atoms with Gasteiger partial charge in [0.25, 0.3) is 5.91 Å². The van der Waals surface area contributed by atoms with Crippen molar-refractivity contribution in [2.24, 2.45) is 0 Å². The van der Waals surface area contributed by atoms with Crippen LogP contribution >= 0.6 is 0 Å². The van der Waals surface area contributed by atoms with E-state index in [-0.39, 0.29) is 12.6 Å². The highest BCUT2D eigenvalue weighted by Crippen LogP contribution is 2.19. The van der Waals surface area contributed by atoms with E-state index in [1.54, 1.807) is 18.2 Å². The van der Waals surface area contributed by atoms with E-state index in [1.807, 2.05) is 6.92 Å². The van der Waals surface area contributed by atoms with Gasteiger partial charge in [0, 0.05) is 18.7 Å². The highest BCUT2D eigenvalue weighted by atomic mass is 19.1. The standard InChI is InChI=1S/C12H18FN3O/c1-2-15-12(17)9-4-5-10(14)11(8-9)16-7-3-6-13/h4-5,8,16H,2-3,6-7,14H2,1H3,(H,15,17). The molecule has 4 N–H and O–H groups in total. The normalized spacial score (nSPS) is 10.0. The van der Waals surface area contributed by atoms with Gasteiger partial charge in [-0.25, -0.2) is 0 Å². The number of alkyl halides is 1. The van der Waals surface area contributed by atoms with Gasteiger partial charge in [-0.05, 0) is 31.5 Å². The summed E-state index contributed by atoms with van der Waals surface area (Å²) in [7, 11) is 0. The molecule has 0 heterocycles. The van der Waals surface area contributed by atoms with E-state index < -0.39 is 0 Å². The average molecular weight is 239 g/mol. The molecule has 0 radical (unpaired) electrons. The summed E-state index contributed by atoms with van der Waals surface area (Å²) in [5, 5.41) is 5.71. The monoisotopic (exact) mass is 239 g/mol. The molecule has 0 aliphatic carbocycles. The first kappa shape index (κ1) is 13.3.